The van der Waals surface area contributed by atoms with Crippen LogP contribution in [0.1, 0.15) is 40.2 Å². The van der Waals surface area contributed by atoms with Crippen LogP contribution < -0.4 is 0 Å². The second-order valence-electron chi connectivity index (χ2n) is 7.78. The topological polar surface area (TPSA) is 53.5 Å². The monoisotopic (exact) mass is 417 g/mol. The van der Waals surface area contributed by atoms with Gasteiger partial charge in [0.25, 0.3) is 5.91 Å². The van der Waals surface area contributed by atoms with Gasteiger partial charge in [-0.05, 0) is 42.5 Å². The van der Waals surface area contributed by atoms with E-state index in [1.54, 1.807) is 40.4 Å². The normalized spacial score (nSPS) is 21.8. The Balaban J connectivity index is 1.37. The zero-order valence-electron chi connectivity index (χ0n) is 16.3. The highest BCUT2D eigenvalue weighted by molar-refractivity contribution is 5.94. The number of carbonyl (C=O) groups is 2. The number of halogens is 3. The summed E-state index contributed by atoms with van der Waals surface area (Å²) >= 11 is 0. The maximum Gasteiger partial charge on any atom is 0.416 e. The van der Waals surface area contributed by atoms with Crippen molar-refractivity contribution in [3.05, 3.63) is 65.5 Å². The first kappa shape index (κ1) is 20.4. The number of rotatable bonds is 3. The molecule has 0 spiro atoms. The Kier molecular flexibility index (Phi) is 5.49. The quantitative estimate of drug-likeness (QED) is 0.767. The lowest BCUT2D eigenvalue weighted by atomic mass is 10.0. The zero-order valence-corrected chi connectivity index (χ0v) is 16.3. The molecule has 2 unspecified atom stereocenters. The van der Waals surface area contributed by atoms with Gasteiger partial charge in [-0.3, -0.25) is 14.6 Å². The highest BCUT2D eigenvalue weighted by atomic mass is 19.4. The van der Waals surface area contributed by atoms with Crippen LogP contribution in [0.3, 0.4) is 0 Å². The SMILES string of the molecule is O=C(c1ccncc1)N1CCCN(C(=O)C2CC2c2cccc(C(F)(F)F)c2)CC1. The Morgan fingerprint density at radius 3 is 2.40 bits per heavy atom. The fourth-order valence-electron chi connectivity index (χ4n) is 4.03. The summed E-state index contributed by atoms with van der Waals surface area (Å²) in [4.78, 5) is 32.9. The average molecular weight is 417 g/mol. The molecule has 1 aliphatic carbocycles. The Morgan fingerprint density at radius 1 is 0.967 bits per heavy atom. The molecule has 0 N–H and O–H groups in total. The van der Waals surface area contributed by atoms with E-state index >= 15 is 0 Å². The van der Waals surface area contributed by atoms with Gasteiger partial charge in [-0.1, -0.05) is 18.2 Å². The second-order valence-corrected chi connectivity index (χ2v) is 7.78. The predicted octanol–water partition coefficient (Wildman–Crippen LogP) is 3.58. The van der Waals surface area contributed by atoms with Gasteiger partial charge in [0.2, 0.25) is 5.91 Å². The minimum Gasteiger partial charge on any atom is -0.341 e. The first-order valence-electron chi connectivity index (χ1n) is 10.00. The summed E-state index contributed by atoms with van der Waals surface area (Å²) in [5.41, 5.74) is 0.446. The van der Waals surface area contributed by atoms with Crippen molar-refractivity contribution in [2.75, 3.05) is 26.2 Å². The number of pyridine rings is 1. The van der Waals surface area contributed by atoms with E-state index in [1.165, 1.54) is 6.07 Å². The van der Waals surface area contributed by atoms with Crippen LogP contribution in [-0.2, 0) is 11.0 Å². The van der Waals surface area contributed by atoms with Crippen LogP contribution in [-0.4, -0.2) is 52.8 Å². The highest BCUT2D eigenvalue weighted by Crippen LogP contribution is 2.49. The molecular formula is C22H22F3N3O2. The van der Waals surface area contributed by atoms with Crippen LogP contribution in [0.15, 0.2) is 48.8 Å². The van der Waals surface area contributed by atoms with E-state index in [2.05, 4.69) is 4.98 Å². The minimum absolute atomic E-state index is 0.0318. The molecule has 1 aromatic carbocycles. The largest absolute Gasteiger partial charge is 0.416 e. The number of nitrogens with zero attached hydrogens (tertiary/aromatic N) is 3. The van der Waals surface area contributed by atoms with Crippen molar-refractivity contribution in [1.29, 1.82) is 0 Å². The second kappa shape index (κ2) is 8.08. The van der Waals surface area contributed by atoms with Gasteiger partial charge < -0.3 is 9.80 Å². The lowest BCUT2D eigenvalue weighted by Crippen LogP contribution is -2.38. The van der Waals surface area contributed by atoms with Crippen LogP contribution in [0, 0.1) is 5.92 Å². The maximum absolute atomic E-state index is 13.0. The highest BCUT2D eigenvalue weighted by Gasteiger charge is 2.46. The summed E-state index contributed by atoms with van der Waals surface area (Å²) in [7, 11) is 0. The smallest absolute Gasteiger partial charge is 0.341 e. The average Bonchev–Trinajstić information content (AvgIpc) is 3.57. The van der Waals surface area contributed by atoms with E-state index in [1.807, 2.05) is 0 Å². The van der Waals surface area contributed by atoms with E-state index in [0.717, 1.165) is 12.1 Å². The molecule has 1 saturated carbocycles. The van der Waals surface area contributed by atoms with Crippen molar-refractivity contribution in [3.63, 3.8) is 0 Å². The van der Waals surface area contributed by atoms with Gasteiger partial charge in [0.05, 0.1) is 5.56 Å². The number of alkyl halides is 3. The third kappa shape index (κ3) is 4.32. The summed E-state index contributed by atoms with van der Waals surface area (Å²) in [6.45, 7) is 1.98. The van der Waals surface area contributed by atoms with Crippen LogP contribution in [0.2, 0.25) is 0 Å². The summed E-state index contributed by atoms with van der Waals surface area (Å²) in [5, 5.41) is 0. The molecule has 2 atom stereocenters. The number of aromatic nitrogens is 1. The standard InChI is InChI=1S/C22H22F3N3O2/c23-22(24,25)17-4-1-3-16(13-17)18-14-19(18)21(30)28-10-2-9-27(11-12-28)20(29)15-5-7-26-8-6-15/h1,3-8,13,18-19H,2,9-12,14H2. The number of carbonyl (C=O) groups excluding carboxylic acids is 2. The summed E-state index contributed by atoms with van der Waals surface area (Å²) in [5.74, 6) is -0.566. The van der Waals surface area contributed by atoms with Gasteiger partial charge in [0.1, 0.15) is 0 Å². The van der Waals surface area contributed by atoms with Crippen LogP contribution in [0.4, 0.5) is 13.2 Å². The first-order valence-corrected chi connectivity index (χ1v) is 10.00. The summed E-state index contributed by atoms with van der Waals surface area (Å²) < 4.78 is 38.9. The molecule has 2 amide bonds. The van der Waals surface area contributed by atoms with Gasteiger partial charge >= 0.3 is 6.18 Å². The maximum atomic E-state index is 13.0. The Hall–Kier alpha value is -2.90. The molecule has 0 radical (unpaired) electrons. The van der Waals surface area contributed by atoms with Crippen LogP contribution in [0.25, 0.3) is 0 Å². The number of hydrogen-bond donors (Lipinski definition) is 0. The molecule has 1 aliphatic heterocycles. The van der Waals surface area contributed by atoms with Crippen molar-refractivity contribution in [2.45, 2.75) is 24.9 Å². The number of benzene rings is 1. The van der Waals surface area contributed by atoms with E-state index < -0.39 is 11.7 Å². The van der Waals surface area contributed by atoms with Gasteiger partial charge in [-0.25, -0.2) is 0 Å². The van der Waals surface area contributed by atoms with Crippen molar-refractivity contribution in [2.24, 2.45) is 5.92 Å². The molecule has 1 saturated heterocycles. The fourth-order valence-corrected chi connectivity index (χ4v) is 4.03. The van der Waals surface area contributed by atoms with Crippen molar-refractivity contribution in [1.82, 2.24) is 14.8 Å². The van der Waals surface area contributed by atoms with Crippen molar-refractivity contribution in [3.8, 4) is 0 Å². The lowest BCUT2D eigenvalue weighted by molar-refractivity contribution is -0.137. The van der Waals surface area contributed by atoms with Crippen LogP contribution in [0.5, 0.6) is 0 Å². The molecule has 30 heavy (non-hydrogen) atoms. The van der Waals surface area contributed by atoms with Gasteiger partial charge in [-0.15, -0.1) is 0 Å². The molecule has 1 aromatic heterocycles. The molecule has 2 aliphatic rings. The summed E-state index contributed by atoms with van der Waals surface area (Å²) in [6, 6.07) is 8.58. The van der Waals surface area contributed by atoms with Crippen molar-refractivity contribution < 1.29 is 22.8 Å². The molecule has 2 aromatic rings. The lowest BCUT2D eigenvalue weighted by Gasteiger charge is -2.22. The third-order valence-electron chi connectivity index (χ3n) is 5.77. The molecule has 158 valence electrons. The van der Waals surface area contributed by atoms with Crippen molar-refractivity contribution >= 4 is 11.8 Å². The number of hydrogen-bond acceptors (Lipinski definition) is 3. The molecule has 4 rings (SSSR count). The molecule has 2 fully saturated rings. The summed E-state index contributed by atoms with van der Waals surface area (Å²) in [6.07, 6.45) is -0.0103. The van der Waals surface area contributed by atoms with Gasteiger partial charge in [-0.2, -0.15) is 13.2 Å². The molecule has 8 heteroatoms. The molecular weight excluding hydrogens is 395 g/mol. The van der Waals surface area contributed by atoms with E-state index in [4.69, 9.17) is 0 Å². The van der Waals surface area contributed by atoms with E-state index in [9.17, 15) is 22.8 Å². The Morgan fingerprint density at radius 2 is 1.67 bits per heavy atom. The third-order valence-corrected chi connectivity index (χ3v) is 5.77. The minimum atomic E-state index is -4.39. The van der Waals surface area contributed by atoms with E-state index in [-0.39, 0.29) is 23.7 Å². The predicted molar refractivity (Wildman–Crippen MR) is 104 cm³/mol. The fraction of sp³-hybridized carbons (Fsp3) is 0.409. The molecule has 2 heterocycles. The zero-order chi connectivity index (χ0) is 21.3. The van der Waals surface area contributed by atoms with Gasteiger partial charge in [0, 0.05) is 50.1 Å². The Labute approximate surface area is 172 Å². The molecule has 0 bridgehead atoms. The van der Waals surface area contributed by atoms with Crippen LogP contribution >= 0.6 is 0 Å². The Bertz CT molecular complexity index is 933. The first-order chi connectivity index (χ1) is 14.3. The van der Waals surface area contributed by atoms with E-state index in [0.29, 0.717) is 50.1 Å². The molecule has 5 nitrogen and oxygen atoms in total. The van der Waals surface area contributed by atoms with Gasteiger partial charge in [0.15, 0.2) is 0 Å². The number of amides is 2.